The van der Waals surface area contributed by atoms with E-state index in [1.54, 1.807) is 11.8 Å². The maximum atomic E-state index is 12.0. The molecule has 92 valence electrons. The fraction of sp³-hybridized carbons (Fsp3) is 0.462. The van der Waals surface area contributed by atoms with E-state index in [2.05, 4.69) is 5.32 Å². The van der Waals surface area contributed by atoms with Gasteiger partial charge in [-0.1, -0.05) is 6.07 Å². The largest absolute Gasteiger partial charge is 0.479 e. The molecule has 1 aliphatic rings. The first-order valence-corrected chi connectivity index (χ1v) is 5.93. The molecular weight excluding hydrogens is 216 g/mol. The van der Waals surface area contributed by atoms with Gasteiger partial charge in [-0.15, -0.1) is 0 Å². The predicted octanol–water partition coefficient (Wildman–Crippen LogP) is 1.54. The Morgan fingerprint density at radius 3 is 2.88 bits per heavy atom. The summed E-state index contributed by atoms with van der Waals surface area (Å²) in [7, 11) is 1.90. The summed E-state index contributed by atoms with van der Waals surface area (Å²) in [5, 5.41) is 3.10. The number of likely N-dealkylation sites (N-methyl/N-ethyl adjacent to an activating group) is 1. The second-order valence-corrected chi connectivity index (χ2v) is 4.17. The van der Waals surface area contributed by atoms with Crippen LogP contribution in [0.4, 0.5) is 5.69 Å². The Bertz CT molecular complexity index is 431. The number of amides is 1. The van der Waals surface area contributed by atoms with Crippen molar-refractivity contribution in [2.45, 2.75) is 26.5 Å². The van der Waals surface area contributed by atoms with Gasteiger partial charge in [-0.2, -0.15) is 0 Å². The topological polar surface area (TPSA) is 41.6 Å². The molecule has 0 saturated heterocycles. The summed E-state index contributed by atoms with van der Waals surface area (Å²) in [5.41, 5.74) is 2.03. The molecule has 0 fully saturated rings. The van der Waals surface area contributed by atoms with Crippen LogP contribution < -0.4 is 15.0 Å². The Labute approximate surface area is 102 Å². The highest BCUT2D eigenvalue weighted by Gasteiger charge is 2.30. The average molecular weight is 234 g/mol. The maximum absolute atomic E-state index is 12.0. The highest BCUT2D eigenvalue weighted by atomic mass is 16.5. The van der Waals surface area contributed by atoms with Crippen molar-refractivity contribution in [1.29, 1.82) is 0 Å². The molecule has 1 heterocycles. The van der Waals surface area contributed by atoms with E-state index in [4.69, 9.17) is 4.74 Å². The van der Waals surface area contributed by atoms with Gasteiger partial charge in [-0.3, -0.25) is 4.79 Å². The van der Waals surface area contributed by atoms with Crippen LogP contribution in [-0.2, 0) is 11.3 Å². The number of anilines is 1. The van der Waals surface area contributed by atoms with Gasteiger partial charge in [-0.25, -0.2) is 0 Å². The van der Waals surface area contributed by atoms with Crippen LogP contribution in [0.3, 0.4) is 0 Å². The van der Waals surface area contributed by atoms with E-state index >= 15 is 0 Å². The molecule has 2 rings (SSSR count). The molecule has 0 saturated carbocycles. The number of ether oxygens (including phenoxy) is 1. The molecule has 4 nitrogen and oxygen atoms in total. The van der Waals surface area contributed by atoms with E-state index < -0.39 is 6.10 Å². The highest BCUT2D eigenvalue weighted by molar-refractivity contribution is 5.99. The molecule has 4 heteroatoms. The van der Waals surface area contributed by atoms with Gasteiger partial charge in [0.2, 0.25) is 0 Å². The van der Waals surface area contributed by atoms with Crippen molar-refractivity contribution in [3.63, 3.8) is 0 Å². The Morgan fingerprint density at radius 1 is 1.47 bits per heavy atom. The Balaban J connectivity index is 2.41. The molecule has 0 spiro atoms. The van der Waals surface area contributed by atoms with Gasteiger partial charge in [0.25, 0.3) is 5.91 Å². The lowest BCUT2D eigenvalue weighted by atomic mass is 10.1. The van der Waals surface area contributed by atoms with Gasteiger partial charge in [-0.05, 0) is 38.6 Å². The Hall–Kier alpha value is -1.55. The van der Waals surface area contributed by atoms with Gasteiger partial charge in [0.15, 0.2) is 6.10 Å². The number of fused-ring (bicyclic) bond motifs is 1. The minimum absolute atomic E-state index is 0.0293. The van der Waals surface area contributed by atoms with Crippen LogP contribution in [0, 0.1) is 0 Å². The molecule has 0 radical (unpaired) electrons. The average Bonchev–Trinajstić information content (AvgIpc) is 2.32. The zero-order chi connectivity index (χ0) is 12.4. The van der Waals surface area contributed by atoms with Crippen LogP contribution in [0.2, 0.25) is 0 Å². The van der Waals surface area contributed by atoms with Gasteiger partial charge >= 0.3 is 0 Å². The number of hydrogen-bond donors (Lipinski definition) is 1. The summed E-state index contributed by atoms with van der Waals surface area (Å²) in [6.07, 6.45) is -0.391. The number of benzene rings is 1. The van der Waals surface area contributed by atoms with Crippen molar-refractivity contribution >= 4 is 11.6 Å². The second kappa shape index (κ2) is 4.75. The van der Waals surface area contributed by atoms with Crippen molar-refractivity contribution in [3.05, 3.63) is 23.8 Å². The summed E-state index contributed by atoms with van der Waals surface area (Å²) < 4.78 is 5.60. The van der Waals surface area contributed by atoms with Crippen molar-refractivity contribution in [1.82, 2.24) is 5.32 Å². The summed E-state index contributed by atoms with van der Waals surface area (Å²) in [5.74, 6) is 0.820. The van der Waals surface area contributed by atoms with Crippen LogP contribution in [-0.4, -0.2) is 25.6 Å². The van der Waals surface area contributed by atoms with Crippen LogP contribution in [0.5, 0.6) is 5.75 Å². The zero-order valence-corrected chi connectivity index (χ0v) is 10.5. The van der Waals surface area contributed by atoms with E-state index in [-0.39, 0.29) is 5.91 Å². The molecule has 1 amide bonds. The third-order valence-corrected chi connectivity index (χ3v) is 2.93. The minimum Gasteiger partial charge on any atom is -0.479 e. The van der Waals surface area contributed by atoms with Gasteiger partial charge < -0.3 is 15.0 Å². The lowest BCUT2D eigenvalue weighted by Gasteiger charge is -2.32. The minimum atomic E-state index is -0.391. The predicted molar refractivity (Wildman–Crippen MR) is 67.3 cm³/mol. The van der Waals surface area contributed by atoms with E-state index in [1.807, 2.05) is 32.2 Å². The number of rotatable bonds is 3. The van der Waals surface area contributed by atoms with E-state index in [9.17, 15) is 4.79 Å². The third kappa shape index (κ3) is 2.13. The molecule has 1 unspecified atom stereocenters. The Kier molecular flexibility index (Phi) is 3.33. The first-order valence-electron chi connectivity index (χ1n) is 5.93. The summed E-state index contributed by atoms with van der Waals surface area (Å²) in [6.45, 7) is 5.22. The van der Waals surface area contributed by atoms with Crippen molar-refractivity contribution < 1.29 is 9.53 Å². The van der Waals surface area contributed by atoms with E-state index in [0.29, 0.717) is 6.54 Å². The molecule has 0 aliphatic carbocycles. The molecule has 1 N–H and O–H groups in total. The second-order valence-electron chi connectivity index (χ2n) is 4.17. The maximum Gasteiger partial charge on any atom is 0.267 e. The smallest absolute Gasteiger partial charge is 0.267 e. The number of nitrogens with zero attached hydrogens (tertiary/aromatic N) is 1. The van der Waals surface area contributed by atoms with Crippen molar-refractivity contribution in [3.8, 4) is 5.75 Å². The Morgan fingerprint density at radius 2 is 2.24 bits per heavy atom. The lowest BCUT2D eigenvalue weighted by molar-refractivity contribution is -0.125. The van der Waals surface area contributed by atoms with Crippen molar-refractivity contribution in [2.75, 3.05) is 18.5 Å². The summed E-state index contributed by atoms with van der Waals surface area (Å²) >= 11 is 0. The molecular formula is C13H18N2O2. The third-order valence-electron chi connectivity index (χ3n) is 2.93. The standard InChI is InChI=1S/C13H18N2O2/c1-4-15-11-7-10(8-14-3)5-6-12(11)17-9(2)13(15)16/h5-7,9,14H,4,8H2,1-3H3. The molecule has 1 aromatic carbocycles. The van der Waals surface area contributed by atoms with E-state index in [1.165, 1.54) is 0 Å². The summed E-state index contributed by atoms with van der Waals surface area (Å²) in [4.78, 5) is 13.8. The van der Waals surface area contributed by atoms with Gasteiger partial charge in [0.05, 0.1) is 5.69 Å². The van der Waals surface area contributed by atoms with E-state index in [0.717, 1.165) is 23.5 Å². The number of carbonyl (C=O) groups is 1. The molecule has 0 bridgehead atoms. The lowest BCUT2D eigenvalue weighted by Crippen LogP contribution is -2.44. The SMILES string of the molecule is CCN1C(=O)C(C)Oc2ccc(CNC)cc21. The molecule has 17 heavy (non-hydrogen) atoms. The van der Waals surface area contributed by atoms with Crippen LogP contribution in [0.15, 0.2) is 18.2 Å². The zero-order valence-electron chi connectivity index (χ0n) is 10.5. The molecule has 0 aromatic heterocycles. The van der Waals surface area contributed by atoms with Gasteiger partial charge in [0, 0.05) is 13.1 Å². The van der Waals surface area contributed by atoms with Crippen LogP contribution >= 0.6 is 0 Å². The molecule has 1 atom stereocenters. The van der Waals surface area contributed by atoms with Crippen LogP contribution in [0.1, 0.15) is 19.4 Å². The van der Waals surface area contributed by atoms with Crippen molar-refractivity contribution in [2.24, 2.45) is 0 Å². The first kappa shape index (κ1) is 11.9. The normalized spacial score (nSPS) is 18.9. The van der Waals surface area contributed by atoms with Crippen LogP contribution in [0.25, 0.3) is 0 Å². The number of hydrogen-bond acceptors (Lipinski definition) is 3. The number of nitrogens with one attached hydrogen (secondary N) is 1. The fourth-order valence-electron chi connectivity index (χ4n) is 2.09. The molecule has 1 aliphatic heterocycles. The highest BCUT2D eigenvalue weighted by Crippen LogP contribution is 2.34. The quantitative estimate of drug-likeness (QED) is 0.862. The monoisotopic (exact) mass is 234 g/mol. The first-order chi connectivity index (χ1) is 8.17. The fourth-order valence-corrected chi connectivity index (χ4v) is 2.09. The number of carbonyl (C=O) groups excluding carboxylic acids is 1. The van der Waals surface area contributed by atoms with Gasteiger partial charge in [0.1, 0.15) is 5.75 Å². The summed E-state index contributed by atoms with van der Waals surface area (Å²) in [6, 6.07) is 5.97. The molecule has 1 aromatic rings.